The summed E-state index contributed by atoms with van der Waals surface area (Å²) < 4.78 is 0. The zero-order valence-electron chi connectivity index (χ0n) is 11.4. The highest BCUT2D eigenvalue weighted by atomic mass is 35.5. The molecule has 0 amide bonds. The first-order chi connectivity index (χ1) is 10.5. The molecule has 0 saturated heterocycles. The lowest BCUT2D eigenvalue weighted by molar-refractivity contribution is 1.43. The van der Waals surface area contributed by atoms with E-state index < -0.39 is 0 Å². The summed E-state index contributed by atoms with van der Waals surface area (Å²) in [5.41, 5.74) is 8.34. The third-order valence-electron chi connectivity index (χ3n) is 3.29. The van der Waals surface area contributed by atoms with Gasteiger partial charge in [0.05, 0.1) is 10.0 Å². The number of nitrogens with two attached hydrogens (primary N) is 1. The summed E-state index contributed by atoms with van der Waals surface area (Å²) >= 11 is 13.7. The van der Waals surface area contributed by atoms with Crippen LogP contribution in [0.25, 0.3) is 20.9 Å². The smallest absolute Gasteiger partial charge is 0.122 e. The Balaban J connectivity index is 1.93. The highest BCUT2D eigenvalue weighted by molar-refractivity contribution is 7.18. The van der Waals surface area contributed by atoms with Gasteiger partial charge >= 0.3 is 0 Å². The molecule has 0 bridgehead atoms. The summed E-state index contributed by atoms with van der Waals surface area (Å²) in [6.45, 7) is 0. The predicted molar refractivity (Wildman–Crippen MR) is 96.2 cm³/mol. The average Bonchev–Trinajstić information content (AvgIpc) is 3.00. The van der Waals surface area contributed by atoms with Gasteiger partial charge in [-0.1, -0.05) is 53.5 Å². The molecular formula is C17H12Cl2N2S. The molecule has 3 N–H and O–H groups in total. The van der Waals surface area contributed by atoms with Crippen LogP contribution in [0.5, 0.6) is 0 Å². The lowest BCUT2D eigenvalue weighted by atomic mass is 10.1. The monoisotopic (exact) mass is 346 g/mol. The van der Waals surface area contributed by atoms with Crippen molar-refractivity contribution >= 4 is 40.4 Å². The van der Waals surface area contributed by atoms with E-state index in [0.29, 0.717) is 10.0 Å². The van der Waals surface area contributed by atoms with Crippen molar-refractivity contribution < 1.29 is 0 Å². The van der Waals surface area contributed by atoms with E-state index in [-0.39, 0.29) is 5.84 Å². The van der Waals surface area contributed by atoms with Crippen molar-refractivity contribution in [1.29, 1.82) is 5.41 Å². The second-order valence-electron chi connectivity index (χ2n) is 4.78. The number of thiophene rings is 1. The van der Waals surface area contributed by atoms with Crippen LogP contribution >= 0.6 is 34.5 Å². The van der Waals surface area contributed by atoms with Crippen LogP contribution in [0.15, 0.2) is 54.6 Å². The van der Waals surface area contributed by atoms with Gasteiger partial charge in [0.25, 0.3) is 0 Å². The van der Waals surface area contributed by atoms with E-state index in [2.05, 4.69) is 12.1 Å². The average molecular weight is 347 g/mol. The normalized spacial score (nSPS) is 10.6. The molecule has 5 heteroatoms. The highest BCUT2D eigenvalue weighted by Gasteiger charge is 2.07. The van der Waals surface area contributed by atoms with Crippen LogP contribution in [-0.2, 0) is 0 Å². The van der Waals surface area contributed by atoms with Crippen LogP contribution in [0, 0.1) is 5.41 Å². The van der Waals surface area contributed by atoms with Gasteiger partial charge in [0, 0.05) is 15.3 Å². The number of halogens is 2. The molecular weight excluding hydrogens is 335 g/mol. The van der Waals surface area contributed by atoms with Crippen LogP contribution in [0.3, 0.4) is 0 Å². The zero-order chi connectivity index (χ0) is 15.7. The molecule has 110 valence electrons. The number of amidine groups is 1. The standard InChI is InChI=1S/C17H12Cl2N2S/c18-13-6-5-12(9-14(13)19)16-8-7-15(22-16)10-1-3-11(4-2-10)17(20)21/h1-9H,(H3,20,21). The van der Waals surface area contributed by atoms with Crippen molar-refractivity contribution in [1.82, 2.24) is 0 Å². The summed E-state index contributed by atoms with van der Waals surface area (Å²) in [6.07, 6.45) is 0. The minimum atomic E-state index is 0.0780. The first-order valence-electron chi connectivity index (χ1n) is 6.54. The van der Waals surface area contributed by atoms with E-state index in [0.717, 1.165) is 26.4 Å². The van der Waals surface area contributed by atoms with Gasteiger partial charge < -0.3 is 5.73 Å². The summed E-state index contributed by atoms with van der Waals surface area (Å²) in [7, 11) is 0. The zero-order valence-corrected chi connectivity index (χ0v) is 13.8. The molecule has 1 heterocycles. The van der Waals surface area contributed by atoms with Gasteiger partial charge in [0.2, 0.25) is 0 Å². The first-order valence-corrected chi connectivity index (χ1v) is 8.12. The Morgan fingerprint density at radius 3 is 2.00 bits per heavy atom. The van der Waals surface area contributed by atoms with Crippen LogP contribution in [-0.4, -0.2) is 5.84 Å². The molecule has 0 unspecified atom stereocenters. The highest BCUT2D eigenvalue weighted by Crippen LogP contribution is 2.36. The maximum absolute atomic E-state index is 7.42. The molecule has 2 nitrogen and oxygen atoms in total. The molecule has 3 aromatic rings. The number of hydrogen-bond acceptors (Lipinski definition) is 2. The predicted octanol–water partition coefficient (Wildman–Crippen LogP) is 5.67. The lowest BCUT2D eigenvalue weighted by Gasteiger charge is -2.01. The molecule has 0 fully saturated rings. The molecule has 1 aromatic heterocycles. The number of rotatable bonds is 3. The fourth-order valence-corrected chi connectivity index (χ4v) is 3.42. The van der Waals surface area contributed by atoms with E-state index in [9.17, 15) is 0 Å². The van der Waals surface area contributed by atoms with Gasteiger partial charge in [-0.15, -0.1) is 11.3 Å². The van der Waals surface area contributed by atoms with Crippen molar-refractivity contribution in [2.45, 2.75) is 0 Å². The van der Waals surface area contributed by atoms with Gasteiger partial charge in [0.15, 0.2) is 0 Å². The fraction of sp³-hybridized carbons (Fsp3) is 0. The van der Waals surface area contributed by atoms with Crippen molar-refractivity contribution in [3.8, 4) is 20.9 Å². The van der Waals surface area contributed by atoms with Crippen LogP contribution in [0.2, 0.25) is 10.0 Å². The lowest BCUT2D eigenvalue weighted by Crippen LogP contribution is -2.10. The Morgan fingerprint density at radius 2 is 1.41 bits per heavy atom. The quantitative estimate of drug-likeness (QED) is 0.465. The largest absolute Gasteiger partial charge is 0.384 e. The number of hydrogen-bond donors (Lipinski definition) is 2. The SMILES string of the molecule is N=C(N)c1ccc(-c2ccc(-c3ccc(Cl)c(Cl)c3)s2)cc1. The summed E-state index contributed by atoms with van der Waals surface area (Å²) in [5, 5.41) is 8.53. The Hall–Kier alpha value is -1.81. The van der Waals surface area contributed by atoms with Gasteiger partial charge in [-0.05, 0) is 35.4 Å². The molecule has 0 aliphatic heterocycles. The van der Waals surface area contributed by atoms with E-state index in [1.54, 1.807) is 17.4 Å². The molecule has 0 atom stereocenters. The van der Waals surface area contributed by atoms with Crippen LogP contribution in [0.4, 0.5) is 0 Å². The number of benzene rings is 2. The molecule has 0 saturated carbocycles. The molecule has 3 rings (SSSR count). The first kappa shape index (κ1) is 15.1. The topological polar surface area (TPSA) is 49.9 Å². The summed E-state index contributed by atoms with van der Waals surface area (Å²) in [5.74, 6) is 0.0780. The Bertz CT molecular complexity index is 838. The van der Waals surface area contributed by atoms with Gasteiger partial charge in [-0.2, -0.15) is 0 Å². The van der Waals surface area contributed by atoms with Crippen LogP contribution < -0.4 is 5.73 Å². The van der Waals surface area contributed by atoms with Gasteiger partial charge in [0.1, 0.15) is 5.84 Å². The molecule has 0 radical (unpaired) electrons. The van der Waals surface area contributed by atoms with Crippen molar-refractivity contribution in [3.05, 3.63) is 70.2 Å². The molecule has 22 heavy (non-hydrogen) atoms. The van der Waals surface area contributed by atoms with E-state index in [1.807, 2.05) is 36.4 Å². The van der Waals surface area contributed by atoms with Gasteiger partial charge in [-0.25, -0.2) is 0 Å². The second-order valence-corrected chi connectivity index (χ2v) is 6.68. The molecule has 2 aromatic carbocycles. The molecule has 0 aliphatic carbocycles. The second kappa shape index (κ2) is 6.13. The number of nitrogen functional groups attached to an aromatic ring is 1. The Morgan fingerprint density at radius 1 is 0.818 bits per heavy atom. The fourth-order valence-electron chi connectivity index (χ4n) is 2.11. The van der Waals surface area contributed by atoms with Gasteiger partial charge in [-0.3, -0.25) is 5.41 Å². The van der Waals surface area contributed by atoms with Crippen molar-refractivity contribution in [3.63, 3.8) is 0 Å². The van der Waals surface area contributed by atoms with Crippen LogP contribution in [0.1, 0.15) is 5.56 Å². The molecule has 0 aliphatic rings. The summed E-state index contributed by atoms with van der Waals surface area (Å²) in [4.78, 5) is 2.28. The van der Waals surface area contributed by atoms with E-state index >= 15 is 0 Å². The van der Waals surface area contributed by atoms with Crippen molar-refractivity contribution in [2.75, 3.05) is 0 Å². The molecule has 0 spiro atoms. The van der Waals surface area contributed by atoms with E-state index in [1.165, 1.54) is 0 Å². The number of nitrogens with one attached hydrogen (secondary N) is 1. The van der Waals surface area contributed by atoms with E-state index in [4.69, 9.17) is 34.3 Å². The summed E-state index contributed by atoms with van der Waals surface area (Å²) in [6, 6.07) is 17.4. The minimum Gasteiger partial charge on any atom is -0.384 e. The Labute approximate surface area is 142 Å². The third-order valence-corrected chi connectivity index (χ3v) is 5.21. The Kier molecular flexibility index (Phi) is 4.21. The minimum absolute atomic E-state index is 0.0780. The third kappa shape index (κ3) is 3.02. The van der Waals surface area contributed by atoms with Crippen molar-refractivity contribution in [2.24, 2.45) is 5.73 Å². The maximum Gasteiger partial charge on any atom is 0.122 e. The maximum atomic E-state index is 7.42.